The van der Waals surface area contributed by atoms with E-state index in [0.717, 1.165) is 11.1 Å². The van der Waals surface area contributed by atoms with Crippen LogP contribution >= 0.6 is 0 Å². The van der Waals surface area contributed by atoms with Crippen molar-refractivity contribution in [2.45, 2.75) is 53.6 Å². The summed E-state index contributed by atoms with van der Waals surface area (Å²) in [5.41, 5.74) is 1.58. The monoisotopic (exact) mass is 276 g/mol. The van der Waals surface area contributed by atoms with Crippen molar-refractivity contribution in [3.8, 4) is 0 Å². The van der Waals surface area contributed by atoms with Crippen LogP contribution in [0.5, 0.6) is 0 Å². The largest absolute Gasteiger partial charge is 0.457 e. The van der Waals surface area contributed by atoms with Crippen LogP contribution in [0.25, 0.3) is 0 Å². The van der Waals surface area contributed by atoms with Crippen LogP contribution in [0.3, 0.4) is 0 Å². The van der Waals surface area contributed by atoms with E-state index in [9.17, 15) is 9.59 Å². The van der Waals surface area contributed by atoms with Gasteiger partial charge in [0.25, 0.3) is 0 Å². The van der Waals surface area contributed by atoms with E-state index >= 15 is 0 Å². The predicted octanol–water partition coefficient (Wildman–Crippen LogP) is 3.45. The average Bonchev–Trinajstić information content (AvgIpc) is 2.58. The molecule has 2 aliphatic rings. The highest BCUT2D eigenvalue weighted by Gasteiger charge is 2.69. The van der Waals surface area contributed by atoms with Crippen LogP contribution in [-0.4, -0.2) is 17.9 Å². The van der Waals surface area contributed by atoms with Crippen LogP contribution in [0.4, 0.5) is 0 Å². The first-order valence-corrected chi connectivity index (χ1v) is 7.18. The average molecular weight is 276 g/mol. The van der Waals surface area contributed by atoms with E-state index < -0.39 is 0 Å². The summed E-state index contributed by atoms with van der Waals surface area (Å²) in [6.45, 7) is 13.9. The number of carbonyl (C=O) groups excluding carboxylic acids is 2. The number of allylic oxidation sites excluding steroid dienone is 2. The van der Waals surface area contributed by atoms with Gasteiger partial charge < -0.3 is 4.74 Å². The van der Waals surface area contributed by atoms with Crippen molar-refractivity contribution in [3.63, 3.8) is 0 Å². The second-order valence-corrected chi connectivity index (χ2v) is 7.08. The van der Waals surface area contributed by atoms with Crippen LogP contribution in [0, 0.1) is 16.7 Å². The smallest absolute Gasteiger partial charge is 0.310 e. The Morgan fingerprint density at radius 3 is 2.35 bits per heavy atom. The molecule has 0 aliphatic heterocycles. The molecule has 3 heteroatoms. The first kappa shape index (κ1) is 15.0. The van der Waals surface area contributed by atoms with E-state index in [1.807, 2.05) is 6.92 Å². The Labute approximate surface area is 121 Å². The molecule has 2 rings (SSSR count). The van der Waals surface area contributed by atoms with Crippen LogP contribution in [0.1, 0.15) is 47.5 Å². The van der Waals surface area contributed by atoms with E-state index in [0.29, 0.717) is 6.42 Å². The molecule has 110 valence electrons. The number of esters is 1. The molecule has 0 aromatic carbocycles. The zero-order chi connectivity index (χ0) is 15.3. The molecule has 2 aliphatic carbocycles. The molecule has 3 nitrogen and oxygen atoms in total. The van der Waals surface area contributed by atoms with Gasteiger partial charge in [0, 0.05) is 5.57 Å². The molecule has 0 aromatic rings. The Kier molecular flexibility index (Phi) is 3.43. The number of hydrogen-bond donors (Lipinski definition) is 0. The second kappa shape index (κ2) is 4.57. The van der Waals surface area contributed by atoms with Crippen LogP contribution in [-0.2, 0) is 14.3 Å². The SMILES string of the molecule is C=CCC1=C(C)[C@H](OC(=O)C2C(C)(C)C2(C)C)CC1=O. The van der Waals surface area contributed by atoms with Crippen molar-refractivity contribution in [2.24, 2.45) is 16.7 Å². The number of ketones is 1. The lowest BCUT2D eigenvalue weighted by atomic mass is 10.0. The molecule has 20 heavy (non-hydrogen) atoms. The van der Waals surface area contributed by atoms with Crippen LogP contribution < -0.4 is 0 Å². The van der Waals surface area contributed by atoms with Gasteiger partial charge in [0.05, 0.1) is 12.3 Å². The molecule has 0 spiro atoms. The summed E-state index contributed by atoms with van der Waals surface area (Å²) >= 11 is 0. The third-order valence-electron chi connectivity index (χ3n) is 5.53. The van der Waals surface area contributed by atoms with E-state index in [2.05, 4.69) is 34.3 Å². The summed E-state index contributed by atoms with van der Waals surface area (Å²) in [6.07, 6.45) is 2.18. The number of ether oxygens (including phenoxy) is 1. The van der Waals surface area contributed by atoms with Gasteiger partial charge in [-0.1, -0.05) is 33.8 Å². The number of hydrogen-bond acceptors (Lipinski definition) is 3. The van der Waals surface area contributed by atoms with Crippen molar-refractivity contribution >= 4 is 11.8 Å². The van der Waals surface area contributed by atoms with Gasteiger partial charge in [-0.25, -0.2) is 0 Å². The van der Waals surface area contributed by atoms with E-state index in [4.69, 9.17) is 4.74 Å². The molecule has 1 atom stereocenters. The number of carbonyl (C=O) groups is 2. The highest BCUT2D eigenvalue weighted by Crippen LogP contribution is 2.68. The van der Waals surface area contributed by atoms with E-state index in [1.54, 1.807) is 6.08 Å². The summed E-state index contributed by atoms with van der Waals surface area (Å²) in [6, 6.07) is 0. The van der Waals surface area contributed by atoms with Gasteiger partial charge in [0.1, 0.15) is 6.10 Å². The molecule has 0 amide bonds. The molecule has 0 unspecified atom stereocenters. The zero-order valence-corrected chi connectivity index (χ0v) is 13.1. The fraction of sp³-hybridized carbons (Fsp3) is 0.647. The minimum Gasteiger partial charge on any atom is -0.457 e. The van der Waals surface area contributed by atoms with Crippen molar-refractivity contribution in [3.05, 3.63) is 23.8 Å². The van der Waals surface area contributed by atoms with Crippen molar-refractivity contribution < 1.29 is 14.3 Å². The quantitative estimate of drug-likeness (QED) is 0.583. The van der Waals surface area contributed by atoms with E-state index in [-0.39, 0.29) is 41.0 Å². The summed E-state index contributed by atoms with van der Waals surface area (Å²) < 4.78 is 5.61. The zero-order valence-electron chi connectivity index (χ0n) is 13.1. The Balaban J connectivity index is 2.08. The second-order valence-electron chi connectivity index (χ2n) is 7.08. The molecule has 0 aromatic heterocycles. The van der Waals surface area contributed by atoms with E-state index in [1.165, 1.54) is 0 Å². The molecule has 1 saturated carbocycles. The Bertz CT molecular complexity index is 494. The summed E-state index contributed by atoms with van der Waals surface area (Å²) in [7, 11) is 0. The normalized spacial score (nSPS) is 27.6. The topological polar surface area (TPSA) is 43.4 Å². The van der Waals surface area contributed by atoms with Gasteiger partial charge in [-0.2, -0.15) is 0 Å². The third kappa shape index (κ3) is 2.04. The molecular formula is C17H24O3. The van der Waals surface area contributed by atoms with Crippen LogP contribution in [0.2, 0.25) is 0 Å². The maximum Gasteiger partial charge on any atom is 0.310 e. The van der Waals surface area contributed by atoms with Gasteiger partial charge in [0.15, 0.2) is 5.78 Å². The molecule has 0 saturated heterocycles. The summed E-state index contributed by atoms with van der Waals surface area (Å²) in [4.78, 5) is 24.2. The lowest BCUT2D eigenvalue weighted by Gasteiger charge is -2.14. The maximum atomic E-state index is 12.3. The molecule has 0 bridgehead atoms. The first-order chi connectivity index (χ1) is 9.14. The highest BCUT2D eigenvalue weighted by atomic mass is 16.5. The Morgan fingerprint density at radius 2 is 1.90 bits per heavy atom. The Morgan fingerprint density at radius 1 is 1.35 bits per heavy atom. The fourth-order valence-corrected chi connectivity index (χ4v) is 3.40. The van der Waals surface area contributed by atoms with Gasteiger partial charge in [0.2, 0.25) is 0 Å². The number of rotatable bonds is 4. The molecule has 1 fully saturated rings. The third-order valence-corrected chi connectivity index (χ3v) is 5.53. The highest BCUT2D eigenvalue weighted by molar-refractivity contribution is 6.00. The van der Waals surface area contributed by atoms with Gasteiger partial charge in [-0.3, -0.25) is 9.59 Å². The van der Waals surface area contributed by atoms with Crippen molar-refractivity contribution in [2.75, 3.05) is 0 Å². The Hall–Kier alpha value is -1.38. The maximum absolute atomic E-state index is 12.3. The lowest BCUT2D eigenvalue weighted by Crippen LogP contribution is -2.21. The fourth-order valence-electron chi connectivity index (χ4n) is 3.40. The first-order valence-electron chi connectivity index (χ1n) is 7.18. The number of Topliss-reactive ketones (excluding diaryl/α,β-unsaturated/α-hetero) is 1. The predicted molar refractivity (Wildman–Crippen MR) is 78.1 cm³/mol. The molecule has 0 heterocycles. The standard InChI is InChI=1S/C17H24O3/c1-7-8-11-10(2)13(9-12(11)18)20-15(19)14-16(3,4)17(14,5)6/h7,13-14H,1,8-9H2,2-6H3/t13-/m1/s1. The molecule has 0 N–H and O–H groups in total. The summed E-state index contributed by atoms with van der Waals surface area (Å²) in [5, 5.41) is 0. The van der Waals surface area contributed by atoms with Gasteiger partial charge >= 0.3 is 5.97 Å². The molecular weight excluding hydrogens is 252 g/mol. The summed E-state index contributed by atoms with van der Waals surface area (Å²) in [5.74, 6) is -0.173. The van der Waals surface area contributed by atoms with Crippen LogP contribution in [0.15, 0.2) is 23.8 Å². The minimum absolute atomic E-state index is 0.0335. The van der Waals surface area contributed by atoms with Crippen molar-refractivity contribution in [1.29, 1.82) is 0 Å². The van der Waals surface area contributed by atoms with Gasteiger partial charge in [-0.05, 0) is 29.7 Å². The molecule has 0 radical (unpaired) electrons. The lowest BCUT2D eigenvalue weighted by molar-refractivity contribution is -0.150. The van der Waals surface area contributed by atoms with Crippen molar-refractivity contribution in [1.82, 2.24) is 0 Å². The minimum atomic E-state index is -0.378. The van der Waals surface area contributed by atoms with Gasteiger partial charge in [-0.15, -0.1) is 6.58 Å².